The lowest BCUT2D eigenvalue weighted by Crippen LogP contribution is -2.32. The average Bonchev–Trinajstić information content (AvgIpc) is 2.90. The van der Waals surface area contributed by atoms with Crippen molar-refractivity contribution in [3.8, 4) is 17.2 Å². The highest BCUT2D eigenvalue weighted by Gasteiger charge is 2.15. The lowest BCUT2D eigenvalue weighted by Gasteiger charge is -2.13. The van der Waals surface area contributed by atoms with Crippen LogP contribution in [0, 0.1) is 13.8 Å². The molecule has 0 atom stereocenters. The van der Waals surface area contributed by atoms with Crippen LogP contribution in [-0.2, 0) is 14.4 Å². The predicted octanol–water partition coefficient (Wildman–Crippen LogP) is 3.43. The van der Waals surface area contributed by atoms with Gasteiger partial charge in [-0.15, -0.1) is 0 Å². The molecule has 10 heteroatoms. The zero-order valence-corrected chi connectivity index (χ0v) is 21.0. The van der Waals surface area contributed by atoms with Crippen molar-refractivity contribution in [2.45, 2.75) is 13.8 Å². The number of ether oxygens (including phenoxy) is 3. The topological polar surface area (TPSA) is 127 Å². The Morgan fingerprint density at radius 1 is 0.865 bits per heavy atom. The maximum absolute atomic E-state index is 12.4. The van der Waals surface area contributed by atoms with E-state index in [1.807, 2.05) is 19.9 Å². The second kappa shape index (κ2) is 12.7. The fourth-order valence-electron chi connectivity index (χ4n) is 3.24. The summed E-state index contributed by atoms with van der Waals surface area (Å²) >= 11 is 0. The van der Waals surface area contributed by atoms with E-state index >= 15 is 0 Å². The Labute approximate surface area is 214 Å². The van der Waals surface area contributed by atoms with Crippen LogP contribution in [0.4, 0.5) is 11.4 Å². The number of nitrogens with one attached hydrogen (secondary N) is 3. The van der Waals surface area contributed by atoms with Crippen LogP contribution >= 0.6 is 0 Å². The Morgan fingerprint density at radius 3 is 2.30 bits per heavy atom. The van der Waals surface area contributed by atoms with E-state index in [4.69, 9.17) is 14.2 Å². The van der Waals surface area contributed by atoms with Gasteiger partial charge in [-0.3, -0.25) is 14.4 Å². The summed E-state index contributed by atoms with van der Waals surface area (Å²) < 4.78 is 16.1. The van der Waals surface area contributed by atoms with Gasteiger partial charge in [0.1, 0.15) is 5.75 Å². The van der Waals surface area contributed by atoms with Crippen LogP contribution in [0.15, 0.2) is 65.8 Å². The molecule has 0 aromatic heterocycles. The van der Waals surface area contributed by atoms with Gasteiger partial charge in [-0.2, -0.15) is 5.10 Å². The van der Waals surface area contributed by atoms with E-state index in [2.05, 4.69) is 21.2 Å². The molecule has 3 aromatic rings. The quantitative estimate of drug-likeness (QED) is 0.233. The van der Waals surface area contributed by atoms with Crippen LogP contribution in [0.2, 0.25) is 0 Å². The molecule has 0 radical (unpaired) electrons. The Bertz CT molecular complexity index is 1300. The fraction of sp³-hybridized carbons (Fsp3) is 0.185. The summed E-state index contributed by atoms with van der Waals surface area (Å²) in [6, 6.07) is 17.3. The first-order chi connectivity index (χ1) is 17.8. The van der Waals surface area contributed by atoms with Crippen LogP contribution in [-0.4, -0.2) is 44.8 Å². The molecule has 0 aliphatic heterocycles. The molecule has 0 aliphatic rings. The highest BCUT2D eigenvalue weighted by Crippen LogP contribution is 2.30. The summed E-state index contributed by atoms with van der Waals surface area (Å²) in [4.78, 5) is 36.9. The molecule has 3 N–H and O–H groups in total. The number of aryl methyl sites for hydroxylation is 1. The molecule has 0 fully saturated rings. The Kier molecular flexibility index (Phi) is 9.20. The first-order valence-electron chi connectivity index (χ1n) is 11.3. The van der Waals surface area contributed by atoms with Gasteiger partial charge < -0.3 is 24.8 Å². The second-order valence-electron chi connectivity index (χ2n) is 7.84. The average molecular weight is 505 g/mol. The van der Waals surface area contributed by atoms with E-state index in [0.29, 0.717) is 28.4 Å². The normalized spacial score (nSPS) is 10.5. The predicted molar refractivity (Wildman–Crippen MR) is 140 cm³/mol. The third-order valence-corrected chi connectivity index (χ3v) is 5.38. The number of amides is 3. The smallest absolute Gasteiger partial charge is 0.329 e. The molecule has 3 aromatic carbocycles. The Morgan fingerprint density at radius 2 is 1.59 bits per heavy atom. The van der Waals surface area contributed by atoms with Gasteiger partial charge in [0.2, 0.25) is 0 Å². The van der Waals surface area contributed by atoms with E-state index in [1.165, 1.54) is 13.3 Å². The van der Waals surface area contributed by atoms with Gasteiger partial charge in [-0.1, -0.05) is 18.2 Å². The fourth-order valence-corrected chi connectivity index (χ4v) is 3.24. The maximum atomic E-state index is 12.4. The Balaban J connectivity index is 1.62. The molecular formula is C27H28N4O6. The van der Waals surface area contributed by atoms with Crippen molar-refractivity contribution in [2.75, 3.05) is 31.5 Å². The van der Waals surface area contributed by atoms with Crippen LogP contribution in [0.5, 0.6) is 17.2 Å². The number of nitrogens with zero attached hydrogens (tertiary/aromatic N) is 1. The number of hydrogen-bond donors (Lipinski definition) is 3. The van der Waals surface area contributed by atoms with Gasteiger partial charge in [0.05, 0.1) is 20.4 Å². The van der Waals surface area contributed by atoms with E-state index in [9.17, 15) is 14.4 Å². The van der Waals surface area contributed by atoms with E-state index in [0.717, 1.165) is 11.1 Å². The largest absolute Gasteiger partial charge is 0.497 e. The first kappa shape index (κ1) is 26.7. The number of para-hydroxylation sites is 1. The van der Waals surface area contributed by atoms with Gasteiger partial charge in [-0.25, -0.2) is 5.43 Å². The number of anilines is 2. The number of methoxy groups -OCH3 is 2. The number of rotatable bonds is 9. The molecule has 0 saturated carbocycles. The molecule has 0 unspecified atom stereocenters. The Hall–Kier alpha value is -4.86. The molecule has 0 spiro atoms. The zero-order valence-electron chi connectivity index (χ0n) is 21.0. The van der Waals surface area contributed by atoms with Gasteiger partial charge in [0.25, 0.3) is 5.91 Å². The maximum Gasteiger partial charge on any atom is 0.329 e. The molecule has 192 valence electrons. The summed E-state index contributed by atoms with van der Waals surface area (Å²) in [6.07, 6.45) is 1.29. The molecule has 37 heavy (non-hydrogen) atoms. The third kappa shape index (κ3) is 7.31. The monoisotopic (exact) mass is 504 g/mol. The summed E-state index contributed by atoms with van der Waals surface area (Å²) in [6.45, 7) is 3.45. The minimum atomic E-state index is -0.943. The molecule has 0 aliphatic carbocycles. The standard InChI is InChI=1S/C27H28N4O6/c1-17-7-5-9-22(18(17)2)30-26(33)27(34)31-28-15-19-8-6-10-23(36-4)25(19)37-16-24(32)29-20-11-13-21(35-3)14-12-20/h5-15H,16H2,1-4H3,(H,29,32)(H,30,33)(H,31,34)/b28-15-. The van der Waals surface area contributed by atoms with Crippen molar-refractivity contribution < 1.29 is 28.6 Å². The number of hydrogen-bond acceptors (Lipinski definition) is 7. The van der Waals surface area contributed by atoms with E-state index in [1.54, 1.807) is 61.7 Å². The van der Waals surface area contributed by atoms with Gasteiger partial charge in [-0.05, 0) is 67.4 Å². The van der Waals surface area contributed by atoms with Crippen LogP contribution in [0.1, 0.15) is 16.7 Å². The molecule has 0 bridgehead atoms. The van der Waals surface area contributed by atoms with Gasteiger partial charge in [0.15, 0.2) is 18.1 Å². The molecular weight excluding hydrogens is 476 g/mol. The molecule has 10 nitrogen and oxygen atoms in total. The summed E-state index contributed by atoms with van der Waals surface area (Å²) in [5.41, 5.74) is 5.58. The van der Waals surface area contributed by atoms with E-state index in [-0.39, 0.29) is 12.4 Å². The first-order valence-corrected chi connectivity index (χ1v) is 11.3. The van der Waals surface area contributed by atoms with Crippen molar-refractivity contribution in [1.82, 2.24) is 5.43 Å². The SMILES string of the molecule is COc1ccc(NC(=O)COc2c(/C=N\NC(=O)C(=O)Nc3cccc(C)c3C)cccc2OC)cc1. The van der Waals surface area contributed by atoms with Gasteiger partial charge >= 0.3 is 11.8 Å². The van der Waals surface area contributed by atoms with Crippen LogP contribution in [0.3, 0.4) is 0 Å². The summed E-state index contributed by atoms with van der Waals surface area (Å²) in [5, 5.41) is 9.15. The molecule has 3 rings (SSSR count). The number of hydrazone groups is 1. The summed E-state index contributed by atoms with van der Waals surface area (Å²) in [7, 11) is 3.02. The van der Waals surface area contributed by atoms with Gasteiger partial charge in [0, 0.05) is 16.9 Å². The number of carbonyl (C=O) groups excluding carboxylic acids is 3. The van der Waals surface area contributed by atoms with Crippen LogP contribution < -0.4 is 30.3 Å². The van der Waals surface area contributed by atoms with Crippen LogP contribution in [0.25, 0.3) is 0 Å². The minimum absolute atomic E-state index is 0.243. The van der Waals surface area contributed by atoms with Crippen molar-refractivity contribution in [3.05, 3.63) is 77.4 Å². The lowest BCUT2D eigenvalue weighted by atomic mass is 10.1. The third-order valence-electron chi connectivity index (χ3n) is 5.38. The second-order valence-corrected chi connectivity index (χ2v) is 7.84. The molecule has 0 saturated heterocycles. The zero-order chi connectivity index (χ0) is 26.8. The minimum Gasteiger partial charge on any atom is -0.497 e. The van der Waals surface area contributed by atoms with Crippen molar-refractivity contribution >= 4 is 35.3 Å². The molecule has 3 amide bonds. The summed E-state index contributed by atoms with van der Waals surface area (Å²) in [5.74, 6) is -0.921. The van der Waals surface area contributed by atoms with Crippen molar-refractivity contribution in [1.29, 1.82) is 0 Å². The van der Waals surface area contributed by atoms with Crippen molar-refractivity contribution in [2.24, 2.45) is 5.10 Å². The number of carbonyl (C=O) groups is 3. The highest BCUT2D eigenvalue weighted by atomic mass is 16.5. The molecule has 0 heterocycles. The lowest BCUT2D eigenvalue weighted by molar-refractivity contribution is -0.136. The highest BCUT2D eigenvalue weighted by molar-refractivity contribution is 6.39. The van der Waals surface area contributed by atoms with Crippen molar-refractivity contribution in [3.63, 3.8) is 0 Å². The van der Waals surface area contributed by atoms with E-state index < -0.39 is 17.7 Å². The number of benzene rings is 3.